The molecule has 1 aliphatic heterocycles. The van der Waals surface area contributed by atoms with Gasteiger partial charge in [0.2, 0.25) is 0 Å². The molecule has 18 heavy (non-hydrogen) atoms. The average molecular weight is 255 g/mol. The third kappa shape index (κ3) is 6.17. The molecule has 1 fully saturated rings. The first-order valence-electron chi connectivity index (χ1n) is 7.75. The Kier molecular flexibility index (Phi) is 7.87. The maximum absolute atomic E-state index is 3.74. The predicted molar refractivity (Wildman–Crippen MR) is 80.1 cm³/mol. The summed E-state index contributed by atoms with van der Waals surface area (Å²) in [6.07, 6.45) is 6.95. The lowest BCUT2D eigenvalue weighted by atomic mass is 10.0. The Hall–Kier alpha value is -0.120. The highest BCUT2D eigenvalue weighted by molar-refractivity contribution is 4.77. The van der Waals surface area contributed by atoms with Crippen LogP contribution in [0.25, 0.3) is 0 Å². The van der Waals surface area contributed by atoms with Gasteiger partial charge < -0.3 is 10.2 Å². The van der Waals surface area contributed by atoms with Crippen LogP contribution >= 0.6 is 0 Å². The Morgan fingerprint density at radius 3 is 2.56 bits per heavy atom. The summed E-state index contributed by atoms with van der Waals surface area (Å²) in [5.74, 6) is 0. The van der Waals surface area contributed by atoms with E-state index in [2.05, 4.69) is 43.1 Å². The van der Waals surface area contributed by atoms with Gasteiger partial charge in [0.1, 0.15) is 0 Å². The topological polar surface area (TPSA) is 18.5 Å². The number of nitrogens with zero attached hydrogens (tertiary/aromatic N) is 2. The van der Waals surface area contributed by atoms with Crippen LogP contribution in [0, 0.1) is 0 Å². The van der Waals surface area contributed by atoms with E-state index in [-0.39, 0.29) is 0 Å². The van der Waals surface area contributed by atoms with E-state index >= 15 is 0 Å². The zero-order chi connectivity index (χ0) is 13.4. The van der Waals surface area contributed by atoms with Gasteiger partial charge in [-0.25, -0.2) is 0 Å². The molecule has 1 N–H and O–H groups in total. The van der Waals surface area contributed by atoms with Crippen molar-refractivity contribution in [1.82, 2.24) is 15.1 Å². The summed E-state index contributed by atoms with van der Waals surface area (Å²) >= 11 is 0. The number of hydrogen-bond acceptors (Lipinski definition) is 3. The third-order valence-corrected chi connectivity index (χ3v) is 4.03. The minimum Gasteiger partial charge on any atom is -0.313 e. The first-order valence-corrected chi connectivity index (χ1v) is 7.75. The van der Waals surface area contributed by atoms with Gasteiger partial charge in [0, 0.05) is 25.2 Å². The highest BCUT2D eigenvalue weighted by Gasteiger charge is 2.18. The van der Waals surface area contributed by atoms with Crippen LogP contribution in [0.15, 0.2) is 0 Å². The maximum Gasteiger partial charge on any atom is 0.0195 e. The van der Waals surface area contributed by atoms with Crippen molar-refractivity contribution in [3.8, 4) is 0 Å². The predicted octanol–water partition coefficient (Wildman–Crippen LogP) is 2.18. The summed E-state index contributed by atoms with van der Waals surface area (Å²) in [4.78, 5) is 4.91. The molecule has 3 heteroatoms. The molecule has 1 saturated heterocycles. The highest BCUT2D eigenvalue weighted by atomic mass is 15.2. The molecule has 1 aliphatic rings. The van der Waals surface area contributed by atoms with Crippen molar-refractivity contribution < 1.29 is 0 Å². The lowest BCUT2D eigenvalue weighted by Gasteiger charge is -2.34. The first kappa shape index (κ1) is 15.9. The minimum atomic E-state index is 0.650. The van der Waals surface area contributed by atoms with Crippen molar-refractivity contribution in [3.63, 3.8) is 0 Å². The Balaban J connectivity index is 2.39. The molecule has 0 saturated carbocycles. The van der Waals surface area contributed by atoms with E-state index in [0.29, 0.717) is 12.1 Å². The molecule has 0 spiro atoms. The van der Waals surface area contributed by atoms with Crippen molar-refractivity contribution in [2.45, 2.75) is 58.0 Å². The van der Waals surface area contributed by atoms with Crippen LogP contribution in [-0.2, 0) is 0 Å². The summed E-state index contributed by atoms with van der Waals surface area (Å²) in [6.45, 7) is 9.38. The SMILES string of the molecule is CCN(CC1CCCCCCN1)C(C)CN(C)C. The number of nitrogens with one attached hydrogen (secondary N) is 1. The van der Waals surface area contributed by atoms with Gasteiger partial charge in [0.25, 0.3) is 0 Å². The van der Waals surface area contributed by atoms with E-state index in [0.717, 1.165) is 13.1 Å². The van der Waals surface area contributed by atoms with Crippen molar-refractivity contribution >= 4 is 0 Å². The lowest BCUT2D eigenvalue weighted by Crippen LogP contribution is -2.47. The number of likely N-dealkylation sites (N-methyl/N-ethyl adjacent to an activating group) is 2. The summed E-state index contributed by atoms with van der Waals surface area (Å²) in [5.41, 5.74) is 0. The van der Waals surface area contributed by atoms with Gasteiger partial charge in [0.05, 0.1) is 0 Å². The maximum atomic E-state index is 3.74. The van der Waals surface area contributed by atoms with E-state index in [1.165, 1.54) is 45.2 Å². The molecule has 0 aromatic heterocycles. The van der Waals surface area contributed by atoms with Crippen molar-refractivity contribution in [1.29, 1.82) is 0 Å². The Bertz CT molecular complexity index is 198. The average Bonchev–Trinajstić information content (AvgIpc) is 2.26. The van der Waals surface area contributed by atoms with Gasteiger partial charge in [-0.2, -0.15) is 0 Å². The molecular weight excluding hydrogens is 222 g/mol. The standard InChI is InChI=1S/C15H33N3/c1-5-18(14(2)12-17(3)4)13-15-10-8-6-7-9-11-16-15/h14-16H,5-13H2,1-4H3. The number of rotatable bonds is 6. The van der Waals surface area contributed by atoms with E-state index in [1.54, 1.807) is 0 Å². The summed E-state index contributed by atoms with van der Waals surface area (Å²) < 4.78 is 0. The monoisotopic (exact) mass is 255 g/mol. The third-order valence-electron chi connectivity index (χ3n) is 4.03. The van der Waals surface area contributed by atoms with Crippen molar-refractivity contribution in [2.75, 3.05) is 40.3 Å². The van der Waals surface area contributed by atoms with Crippen LogP contribution in [0.5, 0.6) is 0 Å². The van der Waals surface area contributed by atoms with Crippen LogP contribution in [0.3, 0.4) is 0 Å². The largest absolute Gasteiger partial charge is 0.313 e. The van der Waals surface area contributed by atoms with Gasteiger partial charge in [-0.1, -0.05) is 26.2 Å². The van der Waals surface area contributed by atoms with E-state index in [1.807, 2.05) is 0 Å². The van der Waals surface area contributed by atoms with Crippen LogP contribution in [-0.4, -0.2) is 62.2 Å². The smallest absolute Gasteiger partial charge is 0.0195 e. The van der Waals surface area contributed by atoms with Crippen LogP contribution in [0.1, 0.15) is 46.0 Å². The molecule has 2 atom stereocenters. The van der Waals surface area contributed by atoms with E-state index < -0.39 is 0 Å². The summed E-state index contributed by atoms with van der Waals surface area (Å²) in [7, 11) is 4.33. The normalized spacial score (nSPS) is 24.0. The van der Waals surface area contributed by atoms with Gasteiger partial charge in [0.15, 0.2) is 0 Å². The Morgan fingerprint density at radius 1 is 1.17 bits per heavy atom. The molecule has 0 aliphatic carbocycles. The highest BCUT2D eigenvalue weighted by Crippen LogP contribution is 2.12. The van der Waals surface area contributed by atoms with E-state index in [4.69, 9.17) is 0 Å². The molecule has 0 radical (unpaired) electrons. The fraction of sp³-hybridized carbons (Fsp3) is 1.00. The first-order chi connectivity index (χ1) is 8.63. The molecule has 0 aromatic carbocycles. The molecule has 0 amide bonds. The quantitative estimate of drug-likeness (QED) is 0.785. The molecular formula is C15H33N3. The Labute approximate surface area is 114 Å². The second kappa shape index (κ2) is 8.89. The molecule has 1 heterocycles. The minimum absolute atomic E-state index is 0.650. The van der Waals surface area contributed by atoms with Gasteiger partial charge in [-0.05, 0) is 47.0 Å². The molecule has 2 unspecified atom stereocenters. The molecule has 1 rings (SSSR count). The van der Waals surface area contributed by atoms with Crippen molar-refractivity contribution in [3.05, 3.63) is 0 Å². The molecule has 0 bridgehead atoms. The van der Waals surface area contributed by atoms with Gasteiger partial charge >= 0.3 is 0 Å². The number of hydrogen-bond donors (Lipinski definition) is 1. The lowest BCUT2D eigenvalue weighted by molar-refractivity contribution is 0.160. The van der Waals surface area contributed by atoms with Crippen molar-refractivity contribution in [2.24, 2.45) is 0 Å². The second-order valence-electron chi connectivity index (χ2n) is 6.05. The van der Waals surface area contributed by atoms with Gasteiger partial charge in [-0.3, -0.25) is 4.90 Å². The zero-order valence-electron chi connectivity index (χ0n) is 12.9. The summed E-state index contributed by atoms with van der Waals surface area (Å²) in [5, 5.41) is 3.74. The molecule has 3 nitrogen and oxygen atoms in total. The fourth-order valence-electron chi connectivity index (χ4n) is 2.98. The second-order valence-corrected chi connectivity index (χ2v) is 6.05. The van der Waals surface area contributed by atoms with Crippen LogP contribution < -0.4 is 5.32 Å². The fourth-order valence-corrected chi connectivity index (χ4v) is 2.98. The Morgan fingerprint density at radius 2 is 1.89 bits per heavy atom. The molecule has 0 aromatic rings. The van der Waals surface area contributed by atoms with Gasteiger partial charge in [-0.15, -0.1) is 0 Å². The summed E-state index contributed by atoms with van der Waals surface area (Å²) in [6, 6.07) is 1.35. The van der Waals surface area contributed by atoms with Crippen LogP contribution in [0.4, 0.5) is 0 Å². The zero-order valence-corrected chi connectivity index (χ0v) is 12.9. The van der Waals surface area contributed by atoms with E-state index in [9.17, 15) is 0 Å². The molecule has 108 valence electrons. The van der Waals surface area contributed by atoms with Crippen LogP contribution in [0.2, 0.25) is 0 Å².